The second kappa shape index (κ2) is 4.74. The Morgan fingerprint density at radius 1 is 1.50 bits per heavy atom. The summed E-state index contributed by atoms with van der Waals surface area (Å²) in [6.45, 7) is 5.60. The number of benzene rings is 1. The van der Waals surface area contributed by atoms with E-state index >= 15 is 0 Å². The lowest BCUT2D eigenvalue weighted by Crippen LogP contribution is -2.20. The van der Waals surface area contributed by atoms with Crippen molar-refractivity contribution in [2.75, 3.05) is 25.9 Å². The minimum Gasteiger partial charge on any atom is -0.496 e. The summed E-state index contributed by atoms with van der Waals surface area (Å²) < 4.78 is 5.36. The lowest BCUT2D eigenvalue weighted by Gasteiger charge is -2.17. The summed E-state index contributed by atoms with van der Waals surface area (Å²) >= 11 is 0. The van der Waals surface area contributed by atoms with Crippen LogP contribution in [0.3, 0.4) is 0 Å². The molecule has 1 aliphatic heterocycles. The number of hydrogen-bond donors (Lipinski definition) is 1. The van der Waals surface area contributed by atoms with Crippen LogP contribution in [0.2, 0.25) is 0 Å². The molecule has 2 N–H and O–H groups in total. The van der Waals surface area contributed by atoms with E-state index in [9.17, 15) is 0 Å². The van der Waals surface area contributed by atoms with Gasteiger partial charge < -0.3 is 10.5 Å². The molecule has 3 heteroatoms. The van der Waals surface area contributed by atoms with Crippen molar-refractivity contribution in [2.24, 2.45) is 5.92 Å². The molecular formula is C13H20N2O. The molecule has 0 aliphatic carbocycles. The first-order chi connectivity index (χ1) is 7.69. The van der Waals surface area contributed by atoms with E-state index in [2.05, 4.69) is 11.8 Å². The van der Waals surface area contributed by atoms with E-state index in [4.69, 9.17) is 10.5 Å². The van der Waals surface area contributed by atoms with Gasteiger partial charge in [-0.15, -0.1) is 0 Å². The molecular weight excluding hydrogens is 200 g/mol. The number of ether oxygens (including phenoxy) is 1. The zero-order valence-corrected chi connectivity index (χ0v) is 10.1. The highest BCUT2D eigenvalue weighted by molar-refractivity contribution is 5.47. The van der Waals surface area contributed by atoms with Gasteiger partial charge in [-0.25, -0.2) is 0 Å². The van der Waals surface area contributed by atoms with Gasteiger partial charge in [0, 0.05) is 24.3 Å². The van der Waals surface area contributed by atoms with Gasteiger partial charge in [-0.1, -0.05) is 6.92 Å². The number of nitrogen functional groups attached to an aromatic ring is 1. The molecule has 1 aliphatic rings. The molecule has 88 valence electrons. The SMILES string of the molecule is COc1ccc(N)cc1CN1CCC(C)C1. The summed E-state index contributed by atoms with van der Waals surface area (Å²) in [6.07, 6.45) is 1.30. The van der Waals surface area contributed by atoms with Crippen LogP contribution in [-0.2, 0) is 6.54 Å². The van der Waals surface area contributed by atoms with Crippen LogP contribution >= 0.6 is 0 Å². The monoisotopic (exact) mass is 220 g/mol. The van der Waals surface area contributed by atoms with E-state index in [1.165, 1.54) is 25.1 Å². The third-order valence-corrected chi connectivity index (χ3v) is 3.21. The van der Waals surface area contributed by atoms with Crippen LogP contribution < -0.4 is 10.5 Å². The molecule has 0 saturated carbocycles. The topological polar surface area (TPSA) is 38.5 Å². The van der Waals surface area contributed by atoms with E-state index in [-0.39, 0.29) is 0 Å². The number of methoxy groups -OCH3 is 1. The molecule has 0 aromatic heterocycles. The number of rotatable bonds is 3. The molecule has 1 atom stereocenters. The molecule has 1 aromatic carbocycles. The number of nitrogens with zero attached hydrogens (tertiary/aromatic N) is 1. The fourth-order valence-corrected chi connectivity index (χ4v) is 2.33. The van der Waals surface area contributed by atoms with Gasteiger partial charge >= 0.3 is 0 Å². The third kappa shape index (κ3) is 2.47. The molecule has 2 rings (SSSR count). The minimum atomic E-state index is 0.808. The number of hydrogen-bond acceptors (Lipinski definition) is 3. The van der Waals surface area contributed by atoms with E-state index in [1.54, 1.807) is 7.11 Å². The first-order valence-electron chi connectivity index (χ1n) is 5.84. The van der Waals surface area contributed by atoms with Gasteiger partial charge in [0.2, 0.25) is 0 Å². The first-order valence-corrected chi connectivity index (χ1v) is 5.84. The Balaban J connectivity index is 2.10. The molecule has 3 nitrogen and oxygen atoms in total. The Kier molecular flexibility index (Phi) is 3.34. The van der Waals surface area contributed by atoms with Crippen molar-refractivity contribution in [3.8, 4) is 5.75 Å². The van der Waals surface area contributed by atoms with Crippen LogP contribution in [0.5, 0.6) is 5.75 Å². The summed E-state index contributed by atoms with van der Waals surface area (Å²) in [7, 11) is 1.71. The Morgan fingerprint density at radius 3 is 2.94 bits per heavy atom. The van der Waals surface area contributed by atoms with Crippen LogP contribution in [0, 0.1) is 5.92 Å². The Bertz CT molecular complexity index is 365. The zero-order valence-electron chi connectivity index (χ0n) is 10.1. The molecule has 0 amide bonds. The van der Waals surface area contributed by atoms with Crippen molar-refractivity contribution in [3.63, 3.8) is 0 Å². The lowest BCUT2D eigenvalue weighted by molar-refractivity contribution is 0.311. The third-order valence-electron chi connectivity index (χ3n) is 3.21. The van der Waals surface area contributed by atoms with Crippen LogP contribution in [-0.4, -0.2) is 25.1 Å². The van der Waals surface area contributed by atoms with Crippen molar-refractivity contribution >= 4 is 5.69 Å². The maximum Gasteiger partial charge on any atom is 0.123 e. The highest BCUT2D eigenvalue weighted by Gasteiger charge is 2.19. The molecule has 0 spiro atoms. The van der Waals surface area contributed by atoms with E-state index in [1.807, 2.05) is 18.2 Å². The number of anilines is 1. The van der Waals surface area contributed by atoms with Crippen LogP contribution in [0.25, 0.3) is 0 Å². The molecule has 16 heavy (non-hydrogen) atoms. The lowest BCUT2D eigenvalue weighted by atomic mass is 10.1. The van der Waals surface area contributed by atoms with Gasteiger partial charge in [0.25, 0.3) is 0 Å². The predicted octanol–water partition coefficient (Wildman–Crippen LogP) is 2.12. The average molecular weight is 220 g/mol. The largest absolute Gasteiger partial charge is 0.496 e. The number of likely N-dealkylation sites (tertiary alicyclic amines) is 1. The van der Waals surface area contributed by atoms with Gasteiger partial charge in [0.05, 0.1) is 7.11 Å². The molecule has 1 saturated heterocycles. The predicted molar refractivity (Wildman–Crippen MR) is 66.5 cm³/mol. The normalized spacial score (nSPS) is 21.2. The highest BCUT2D eigenvalue weighted by atomic mass is 16.5. The van der Waals surface area contributed by atoms with Gasteiger partial charge in [0.1, 0.15) is 5.75 Å². The molecule has 1 unspecified atom stereocenters. The first kappa shape index (κ1) is 11.3. The van der Waals surface area contributed by atoms with E-state index < -0.39 is 0 Å². The van der Waals surface area contributed by atoms with E-state index in [0.29, 0.717) is 0 Å². The molecule has 0 bridgehead atoms. The van der Waals surface area contributed by atoms with E-state index in [0.717, 1.165) is 23.9 Å². The van der Waals surface area contributed by atoms with Crippen molar-refractivity contribution < 1.29 is 4.74 Å². The molecule has 1 heterocycles. The summed E-state index contributed by atoms with van der Waals surface area (Å²) in [5.74, 6) is 1.75. The van der Waals surface area contributed by atoms with Gasteiger partial charge in [-0.3, -0.25) is 4.90 Å². The average Bonchev–Trinajstić information content (AvgIpc) is 2.64. The van der Waals surface area contributed by atoms with Crippen molar-refractivity contribution in [3.05, 3.63) is 23.8 Å². The fraction of sp³-hybridized carbons (Fsp3) is 0.538. The van der Waals surface area contributed by atoms with Crippen molar-refractivity contribution in [1.29, 1.82) is 0 Å². The standard InChI is InChI=1S/C13H20N2O/c1-10-5-6-15(8-10)9-11-7-12(14)3-4-13(11)16-2/h3-4,7,10H,5-6,8-9,14H2,1-2H3. The molecule has 0 radical (unpaired) electrons. The summed E-state index contributed by atoms with van der Waals surface area (Å²) in [6, 6.07) is 5.85. The van der Waals surface area contributed by atoms with Gasteiger partial charge in [0.15, 0.2) is 0 Å². The second-order valence-electron chi connectivity index (χ2n) is 4.70. The summed E-state index contributed by atoms with van der Waals surface area (Å²) in [5.41, 5.74) is 7.81. The fourth-order valence-electron chi connectivity index (χ4n) is 2.33. The Morgan fingerprint density at radius 2 is 2.31 bits per heavy atom. The minimum absolute atomic E-state index is 0.808. The van der Waals surface area contributed by atoms with Gasteiger partial charge in [-0.05, 0) is 37.1 Å². The van der Waals surface area contributed by atoms with Crippen molar-refractivity contribution in [2.45, 2.75) is 19.9 Å². The zero-order chi connectivity index (χ0) is 11.5. The Labute approximate surface area is 97.2 Å². The summed E-state index contributed by atoms with van der Waals surface area (Å²) in [4.78, 5) is 2.46. The second-order valence-corrected chi connectivity index (χ2v) is 4.70. The maximum atomic E-state index is 5.81. The van der Waals surface area contributed by atoms with Gasteiger partial charge in [-0.2, -0.15) is 0 Å². The van der Waals surface area contributed by atoms with Crippen LogP contribution in [0.15, 0.2) is 18.2 Å². The van der Waals surface area contributed by atoms with Crippen LogP contribution in [0.4, 0.5) is 5.69 Å². The summed E-state index contributed by atoms with van der Waals surface area (Å²) in [5, 5.41) is 0. The quantitative estimate of drug-likeness (QED) is 0.793. The number of nitrogens with two attached hydrogens (primary N) is 1. The highest BCUT2D eigenvalue weighted by Crippen LogP contribution is 2.25. The molecule has 1 aromatic rings. The Hall–Kier alpha value is -1.22. The van der Waals surface area contributed by atoms with Crippen molar-refractivity contribution in [1.82, 2.24) is 4.90 Å². The maximum absolute atomic E-state index is 5.81. The smallest absolute Gasteiger partial charge is 0.123 e. The molecule has 1 fully saturated rings. The van der Waals surface area contributed by atoms with Crippen LogP contribution in [0.1, 0.15) is 18.9 Å².